The Morgan fingerprint density at radius 2 is 1.20 bits per heavy atom. The normalized spacial score (nSPS) is 10.6. The van der Waals surface area contributed by atoms with Crippen molar-refractivity contribution in [1.29, 1.82) is 0 Å². The topological polar surface area (TPSA) is 52.6 Å². The van der Waals surface area contributed by atoms with E-state index >= 15 is 0 Å². The second-order valence-corrected chi connectivity index (χ2v) is 7.55. The molecule has 0 bridgehead atoms. The Kier molecular flexibility index (Phi) is 10.7. The third-order valence-electron chi connectivity index (χ3n) is 5.01. The summed E-state index contributed by atoms with van der Waals surface area (Å²) in [7, 11) is 0. The van der Waals surface area contributed by atoms with Crippen molar-refractivity contribution in [3.8, 4) is 11.1 Å². The van der Waals surface area contributed by atoms with Gasteiger partial charge in [-0.2, -0.15) is 0 Å². The van der Waals surface area contributed by atoms with Gasteiger partial charge in [-0.15, -0.1) is 0 Å². The molecule has 2 aromatic carbocycles. The van der Waals surface area contributed by atoms with Gasteiger partial charge >= 0.3 is 11.9 Å². The SMILES string of the molecule is CCCCCCOC(=O)c1ccc(-c2cccc(C(=O)OCCCCCC)c2)cc1. The van der Waals surface area contributed by atoms with E-state index in [9.17, 15) is 9.59 Å². The predicted octanol–water partition coefficient (Wildman–Crippen LogP) is 6.83. The van der Waals surface area contributed by atoms with Crippen molar-refractivity contribution >= 4 is 11.9 Å². The number of hydrogen-bond donors (Lipinski definition) is 0. The molecule has 0 unspecified atom stereocenters. The van der Waals surface area contributed by atoms with Crippen LogP contribution in [0.25, 0.3) is 11.1 Å². The summed E-state index contributed by atoms with van der Waals surface area (Å²) in [5.41, 5.74) is 2.93. The zero-order chi connectivity index (χ0) is 21.6. The average Bonchev–Trinajstić information content (AvgIpc) is 2.78. The zero-order valence-corrected chi connectivity index (χ0v) is 18.3. The lowest BCUT2D eigenvalue weighted by atomic mass is 10.0. The van der Waals surface area contributed by atoms with Crippen LogP contribution in [0.2, 0.25) is 0 Å². The van der Waals surface area contributed by atoms with Gasteiger partial charge in [-0.3, -0.25) is 0 Å². The first-order chi connectivity index (χ1) is 14.7. The van der Waals surface area contributed by atoms with Gasteiger partial charge in [-0.1, -0.05) is 76.6 Å². The number of ether oxygens (including phenoxy) is 2. The summed E-state index contributed by atoms with van der Waals surface area (Å²) in [6, 6.07) is 14.7. The molecule has 0 spiro atoms. The highest BCUT2D eigenvalue weighted by atomic mass is 16.5. The standard InChI is InChI=1S/C26H34O4/c1-3-5-7-9-18-29-25(27)22-16-14-21(15-17-22)23-12-11-13-24(20-23)26(28)30-19-10-8-6-4-2/h11-17,20H,3-10,18-19H2,1-2H3. The van der Waals surface area contributed by atoms with Gasteiger partial charge in [0.15, 0.2) is 0 Å². The summed E-state index contributed by atoms with van der Waals surface area (Å²) < 4.78 is 10.7. The van der Waals surface area contributed by atoms with Crippen LogP contribution in [-0.4, -0.2) is 25.2 Å². The van der Waals surface area contributed by atoms with E-state index in [1.807, 2.05) is 30.3 Å². The Balaban J connectivity index is 1.90. The molecule has 0 heterocycles. The van der Waals surface area contributed by atoms with Crippen molar-refractivity contribution < 1.29 is 19.1 Å². The Hall–Kier alpha value is -2.62. The third kappa shape index (κ3) is 8.02. The molecule has 0 aliphatic heterocycles. The molecule has 0 N–H and O–H groups in total. The van der Waals surface area contributed by atoms with Crippen LogP contribution < -0.4 is 0 Å². The molecule has 0 aliphatic carbocycles. The molecule has 30 heavy (non-hydrogen) atoms. The van der Waals surface area contributed by atoms with E-state index in [1.54, 1.807) is 18.2 Å². The van der Waals surface area contributed by atoms with E-state index in [2.05, 4.69) is 13.8 Å². The van der Waals surface area contributed by atoms with E-state index < -0.39 is 0 Å². The zero-order valence-electron chi connectivity index (χ0n) is 18.3. The lowest BCUT2D eigenvalue weighted by Gasteiger charge is -2.08. The molecular formula is C26H34O4. The van der Waals surface area contributed by atoms with Crippen molar-refractivity contribution in [3.63, 3.8) is 0 Å². The number of unbranched alkanes of at least 4 members (excludes halogenated alkanes) is 6. The molecule has 162 valence electrons. The van der Waals surface area contributed by atoms with E-state index in [0.29, 0.717) is 24.3 Å². The molecule has 0 aromatic heterocycles. The number of carbonyl (C=O) groups excluding carboxylic acids is 2. The maximum absolute atomic E-state index is 12.3. The minimum absolute atomic E-state index is 0.293. The van der Waals surface area contributed by atoms with Crippen molar-refractivity contribution in [2.45, 2.75) is 65.2 Å². The number of esters is 2. The second kappa shape index (κ2) is 13.6. The minimum atomic E-state index is -0.295. The first kappa shape index (κ1) is 23.7. The van der Waals surface area contributed by atoms with Crippen LogP contribution in [0.5, 0.6) is 0 Å². The van der Waals surface area contributed by atoms with Gasteiger partial charge in [-0.05, 0) is 48.2 Å². The van der Waals surface area contributed by atoms with Crippen LogP contribution in [0.1, 0.15) is 85.9 Å². The fraction of sp³-hybridized carbons (Fsp3) is 0.462. The van der Waals surface area contributed by atoms with Crippen LogP contribution in [-0.2, 0) is 9.47 Å². The number of hydrogen-bond acceptors (Lipinski definition) is 4. The summed E-state index contributed by atoms with van der Waals surface area (Å²) in [4.78, 5) is 24.4. The molecule has 0 fully saturated rings. The lowest BCUT2D eigenvalue weighted by Crippen LogP contribution is -2.07. The largest absolute Gasteiger partial charge is 0.462 e. The molecule has 0 atom stereocenters. The number of carbonyl (C=O) groups is 2. The van der Waals surface area contributed by atoms with Gasteiger partial charge in [0.05, 0.1) is 24.3 Å². The van der Waals surface area contributed by atoms with Gasteiger partial charge < -0.3 is 9.47 Å². The van der Waals surface area contributed by atoms with Crippen molar-refractivity contribution in [2.24, 2.45) is 0 Å². The summed E-state index contributed by atoms with van der Waals surface area (Å²) in [5.74, 6) is -0.588. The highest BCUT2D eigenvalue weighted by Gasteiger charge is 2.10. The van der Waals surface area contributed by atoms with Crippen molar-refractivity contribution in [2.75, 3.05) is 13.2 Å². The van der Waals surface area contributed by atoms with E-state index in [1.165, 1.54) is 0 Å². The van der Waals surface area contributed by atoms with Gasteiger partial charge in [0, 0.05) is 0 Å². The van der Waals surface area contributed by atoms with Crippen LogP contribution in [0.15, 0.2) is 48.5 Å². The van der Waals surface area contributed by atoms with Crippen LogP contribution in [0, 0.1) is 0 Å². The summed E-state index contributed by atoms with van der Waals surface area (Å²) >= 11 is 0. The third-order valence-corrected chi connectivity index (χ3v) is 5.01. The fourth-order valence-corrected chi connectivity index (χ4v) is 3.18. The minimum Gasteiger partial charge on any atom is -0.462 e. The molecular weight excluding hydrogens is 376 g/mol. The predicted molar refractivity (Wildman–Crippen MR) is 121 cm³/mol. The molecule has 0 saturated carbocycles. The van der Waals surface area contributed by atoms with Crippen LogP contribution in [0.3, 0.4) is 0 Å². The lowest BCUT2D eigenvalue weighted by molar-refractivity contribution is 0.0488. The molecule has 0 saturated heterocycles. The molecule has 2 rings (SSSR count). The molecule has 0 radical (unpaired) electrons. The van der Waals surface area contributed by atoms with Gasteiger partial charge in [0.25, 0.3) is 0 Å². The van der Waals surface area contributed by atoms with Gasteiger partial charge in [0.2, 0.25) is 0 Å². The Morgan fingerprint density at radius 1 is 0.633 bits per heavy atom. The Bertz CT molecular complexity index is 780. The molecule has 2 aromatic rings. The first-order valence-corrected chi connectivity index (χ1v) is 11.2. The second-order valence-electron chi connectivity index (χ2n) is 7.55. The summed E-state index contributed by atoms with van der Waals surface area (Å²) in [6.45, 7) is 5.23. The van der Waals surface area contributed by atoms with Gasteiger partial charge in [-0.25, -0.2) is 9.59 Å². The number of benzene rings is 2. The molecule has 4 heteroatoms. The maximum atomic E-state index is 12.3. The summed E-state index contributed by atoms with van der Waals surface area (Å²) in [5, 5.41) is 0. The maximum Gasteiger partial charge on any atom is 0.338 e. The van der Waals surface area contributed by atoms with E-state index in [0.717, 1.165) is 62.5 Å². The van der Waals surface area contributed by atoms with Crippen molar-refractivity contribution in [1.82, 2.24) is 0 Å². The average molecular weight is 411 g/mol. The molecule has 4 nitrogen and oxygen atoms in total. The Labute approximate surface area is 180 Å². The van der Waals surface area contributed by atoms with Crippen LogP contribution >= 0.6 is 0 Å². The number of rotatable bonds is 13. The first-order valence-electron chi connectivity index (χ1n) is 11.2. The highest BCUT2D eigenvalue weighted by molar-refractivity contribution is 5.92. The Morgan fingerprint density at radius 3 is 1.77 bits per heavy atom. The van der Waals surface area contributed by atoms with E-state index in [-0.39, 0.29) is 11.9 Å². The van der Waals surface area contributed by atoms with Crippen molar-refractivity contribution in [3.05, 3.63) is 59.7 Å². The molecule has 0 amide bonds. The molecule has 0 aliphatic rings. The summed E-state index contributed by atoms with van der Waals surface area (Å²) in [6.07, 6.45) is 8.61. The quantitative estimate of drug-likeness (QED) is 0.268. The van der Waals surface area contributed by atoms with Crippen LogP contribution in [0.4, 0.5) is 0 Å². The smallest absolute Gasteiger partial charge is 0.338 e. The monoisotopic (exact) mass is 410 g/mol. The fourth-order valence-electron chi connectivity index (χ4n) is 3.18. The van der Waals surface area contributed by atoms with E-state index in [4.69, 9.17) is 9.47 Å². The highest BCUT2D eigenvalue weighted by Crippen LogP contribution is 2.22. The van der Waals surface area contributed by atoms with Gasteiger partial charge in [0.1, 0.15) is 0 Å².